The molecular formula is C15H28N4. The van der Waals surface area contributed by atoms with Gasteiger partial charge in [0, 0.05) is 18.2 Å². The molecule has 19 heavy (non-hydrogen) atoms. The zero-order valence-corrected chi connectivity index (χ0v) is 12.8. The average Bonchev–Trinajstić information content (AvgIpc) is 2.42. The summed E-state index contributed by atoms with van der Waals surface area (Å²) in [6.07, 6.45) is 7.26. The highest BCUT2D eigenvalue weighted by atomic mass is 15.1. The molecule has 0 amide bonds. The number of anilines is 2. The lowest BCUT2D eigenvalue weighted by Crippen LogP contribution is -2.20. The molecule has 4 nitrogen and oxygen atoms in total. The zero-order valence-electron chi connectivity index (χ0n) is 12.8. The first-order valence-corrected chi connectivity index (χ1v) is 7.60. The molecule has 0 spiro atoms. The van der Waals surface area contributed by atoms with Gasteiger partial charge in [0.1, 0.15) is 18.0 Å². The van der Waals surface area contributed by atoms with Gasteiger partial charge in [0.05, 0.1) is 0 Å². The van der Waals surface area contributed by atoms with E-state index in [-0.39, 0.29) is 0 Å². The van der Waals surface area contributed by atoms with E-state index in [1.165, 1.54) is 18.4 Å². The molecule has 0 aliphatic heterocycles. The van der Waals surface area contributed by atoms with Crippen LogP contribution in [0.5, 0.6) is 0 Å². The van der Waals surface area contributed by atoms with Gasteiger partial charge >= 0.3 is 0 Å². The molecule has 0 fully saturated rings. The number of rotatable bonds is 9. The van der Waals surface area contributed by atoms with Gasteiger partial charge in [-0.15, -0.1) is 0 Å². The maximum atomic E-state index is 4.45. The van der Waals surface area contributed by atoms with Crippen LogP contribution in [0, 0.1) is 0 Å². The van der Waals surface area contributed by atoms with Gasteiger partial charge in [0.15, 0.2) is 0 Å². The molecule has 1 aromatic rings. The van der Waals surface area contributed by atoms with Gasteiger partial charge in [-0.05, 0) is 26.2 Å². The highest BCUT2D eigenvalue weighted by Gasteiger charge is 2.13. The molecule has 1 rings (SSSR count). The lowest BCUT2D eigenvalue weighted by Gasteiger charge is -2.20. The topological polar surface area (TPSA) is 49.8 Å². The molecule has 1 unspecified atom stereocenters. The predicted octanol–water partition coefficient (Wildman–Crippen LogP) is 3.85. The van der Waals surface area contributed by atoms with Crippen LogP contribution in [0.25, 0.3) is 0 Å². The normalized spacial score (nSPS) is 12.2. The molecule has 0 bridgehead atoms. The second-order valence-corrected chi connectivity index (χ2v) is 4.87. The van der Waals surface area contributed by atoms with E-state index < -0.39 is 0 Å². The fourth-order valence-electron chi connectivity index (χ4n) is 2.26. The Hall–Kier alpha value is -1.32. The Morgan fingerprint density at radius 1 is 1.05 bits per heavy atom. The summed E-state index contributed by atoms with van der Waals surface area (Å²) in [6, 6.07) is 0.505. The fourth-order valence-corrected chi connectivity index (χ4v) is 2.26. The Kier molecular flexibility index (Phi) is 7.23. The largest absolute Gasteiger partial charge is 0.370 e. The Morgan fingerprint density at radius 3 is 2.37 bits per heavy atom. The van der Waals surface area contributed by atoms with Crippen LogP contribution in [-0.2, 0) is 6.42 Å². The predicted molar refractivity (Wildman–Crippen MR) is 82.8 cm³/mol. The first kappa shape index (κ1) is 15.7. The van der Waals surface area contributed by atoms with E-state index in [0.717, 1.165) is 37.4 Å². The number of hydrogen-bond acceptors (Lipinski definition) is 4. The summed E-state index contributed by atoms with van der Waals surface area (Å²) in [5.74, 6) is 1.99. The number of aromatic nitrogens is 2. The van der Waals surface area contributed by atoms with Crippen molar-refractivity contribution in [3.63, 3.8) is 0 Å². The van der Waals surface area contributed by atoms with Crippen LogP contribution in [0.3, 0.4) is 0 Å². The maximum absolute atomic E-state index is 4.45. The van der Waals surface area contributed by atoms with Crippen molar-refractivity contribution in [2.75, 3.05) is 17.2 Å². The Labute approximate surface area is 117 Å². The molecule has 4 heteroatoms. The molecular weight excluding hydrogens is 236 g/mol. The molecule has 108 valence electrons. The third-order valence-electron chi connectivity index (χ3n) is 3.26. The molecule has 2 N–H and O–H groups in total. The van der Waals surface area contributed by atoms with Crippen molar-refractivity contribution in [1.29, 1.82) is 0 Å². The number of hydrogen-bond donors (Lipinski definition) is 2. The van der Waals surface area contributed by atoms with Crippen molar-refractivity contribution >= 4 is 11.6 Å². The SMILES string of the molecule is CCCc1c(NCC)ncnc1NC(CC)CCC. The maximum Gasteiger partial charge on any atom is 0.134 e. The summed E-state index contributed by atoms with van der Waals surface area (Å²) in [7, 11) is 0. The highest BCUT2D eigenvalue weighted by Crippen LogP contribution is 2.23. The van der Waals surface area contributed by atoms with Gasteiger partial charge in [0.2, 0.25) is 0 Å². The van der Waals surface area contributed by atoms with Crippen molar-refractivity contribution in [2.24, 2.45) is 0 Å². The summed E-state index contributed by atoms with van der Waals surface area (Å²) >= 11 is 0. The van der Waals surface area contributed by atoms with Crippen molar-refractivity contribution < 1.29 is 0 Å². The van der Waals surface area contributed by atoms with Crippen molar-refractivity contribution in [2.45, 2.75) is 65.8 Å². The summed E-state index contributed by atoms with van der Waals surface area (Å²) in [6.45, 7) is 9.62. The first-order chi connectivity index (χ1) is 9.26. The first-order valence-electron chi connectivity index (χ1n) is 7.60. The Balaban J connectivity index is 2.93. The second kappa shape index (κ2) is 8.73. The lowest BCUT2D eigenvalue weighted by molar-refractivity contribution is 0.619. The van der Waals surface area contributed by atoms with Gasteiger partial charge in [0.25, 0.3) is 0 Å². The quantitative estimate of drug-likeness (QED) is 0.711. The molecule has 0 saturated carbocycles. The molecule has 1 aromatic heterocycles. The zero-order chi connectivity index (χ0) is 14.1. The van der Waals surface area contributed by atoms with Gasteiger partial charge in [-0.3, -0.25) is 0 Å². The third-order valence-corrected chi connectivity index (χ3v) is 3.26. The number of nitrogens with one attached hydrogen (secondary N) is 2. The average molecular weight is 264 g/mol. The second-order valence-electron chi connectivity index (χ2n) is 4.87. The summed E-state index contributed by atoms with van der Waals surface area (Å²) in [5, 5.41) is 6.92. The van der Waals surface area contributed by atoms with Gasteiger partial charge in [-0.25, -0.2) is 9.97 Å². The van der Waals surface area contributed by atoms with Crippen LogP contribution >= 0.6 is 0 Å². The van der Waals surface area contributed by atoms with Crippen LogP contribution < -0.4 is 10.6 Å². The lowest BCUT2D eigenvalue weighted by atomic mass is 10.1. The molecule has 0 radical (unpaired) electrons. The molecule has 0 aliphatic carbocycles. The Bertz CT molecular complexity index is 365. The van der Waals surface area contributed by atoms with Crippen molar-refractivity contribution in [3.8, 4) is 0 Å². The minimum Gasteiger partial charge on any atom is -0.370 e. The molecule has 1 heterocycles. The molecule has 0 saturated heterocycles. The monoisotopic (exact) mass is 264 g/mol. The van der Waals surface area contributed by atoms with E-state index in [2.05, 4.69) is 48.3 Å². The van der Waals surface area contributed by atoms with Gasteiger partial charge in [-0.1, -0.05) is 33.6 Å². The molecule has 0 aromatic carbocycles. The summed E-state index contributed by atoms with van der Waals surface area (Å²) < 4.78 is 0. The molecule has 1 atom stereocenters. The van der Waals surface area contributed by atoms with E-state index in [1.54, 1.807) is 6.33 Å². The van der Waals surface area contributed by atoms with Crippen LogP contribution in [-0.4, -0.2) is 22.6 Å². The van der Waals surface area contributed by atoms with Crippen LogP contribution in [0.4, 0.5) is 11.6 Å². The number of nitrogens with zero attached hydrogens (tertiary/aromatic N) is 2. The van der Waals surface area contributed by atoms with E-state index in [1.807, 2.05) is 0 Å². The smallest absolute Gasteiger partial charge is 0.134 e. The highest BCUT2D eigenvalue weighted by molar-refractivity contribution is 5.57. The van der Waals surface area contributed by atoms with E-state index in [0.29, 0.717) is 6.04 Å². The summed E-state index contributed by atoms with van der Waals surface area (Å²) in [5.41, 5.74) is 1.22. The Morgan fingerprint density at radius 2 is 1.79 bits per heavy atom. The molecule has 0 aliphatic rings. The van der Waals surface area contributed by atoms with Crippen LogP contribution in [0.1, 0.15) is 58.9 Å². The van der Waals surface area contributed by atoms with Crippen molar-refractivity contribution in [3.05, 3.63) is 11.9 Å². The van der Waals surface area contributed by atoms with Gasteiger partial charge in [-0.2, -0.15) is 0 Å². The minimum absolute atomic E-state index is 0.505. The van der Waals surface area contributed by atoms with Crippen molar-refractivity contribution in [1.82, 2.24) is 9.97 Å². The standard InChI is InChI=1S/C15H28N4/c1-5-9-12(7-3)19-15-13(10-6-2)14(16-8-4)17-11-18-15/h11-12H,5-10H2,1-4H3,(H2,16,17,18,19). The third kappa shape index (κ3) is 4.69. The van der Waals surface area contributed by atoms with Crippen LogP contribution in [0.15, 0.2) is 6.33 Å². The summed E-state index contributed by atoms with van der Waals surface area (Å²) in [4.78, 5) is 8.81. The minimum atomic E-state index is 0.505. The van der Waals surface area contributed by atoms with Gasteiger partial charge < -0.3 is 10.6 Å². The van der Waals surface area contributed by atoms with Crippen LogP contribution in [0.2, 0.25) is 0 Å². The van der Waals surface area contributed by atoms with E-state index >= 15 is 0 Å². The van der Waals surface area contributed by atoms with E-state index in [4.69, 9.17) is 0 Å². The fraction of sp³-hybridized carbons (Fsp3) is 0.733. The van der Waals surface area contributed by atoms with E-state index in [9.17, 15) is 0 Å².